The molecule has 0 saturated carbocycles. The number of rotatable bonds is 16. The minimum absolute atomic E-state index is 0.0170. The van der Waals surface area contributed by atoms with Crippen molar-refractivity contribution in [3.63, 3.8) is 0 Å². The third-order valence-corrected chi connectivity index (χ3v) is 6.35. The van der Waals surface area contributed by atoms with Crippen LogP contribution in [0.5, 0.6) is 11.5 Å². The lowest BCUT2D eigenvalue weighted by Gasteiger charge is -2.10. The average molecular weight is 514 g/mol. The number of carbonyl (C=O) groups is 2. The molecule has 0 aromatic heterocycles. The Morgan fingerprint density at radius 2 is 1.37 bits per heavy atom. The van der Waals surface area contributed by atoms with E-state index in [0.717, 1.165) is 24.0 Å². The van der Waals surface area contributed by atoms with Gasteiger partial charge in [-0.2, -0.15) is 0 Å². The van der Waals surface area contributed by atoms with E-state index in [-0.39, 0.29) is 18.3 Å². The summed E-state index contributed by atoms with van der Waals surface area (Å²) in [5, 5.41) is 2.93. The fraction of sp³-hybridized carbons (Fsp3) is 0.333. The highest BCUT2D eigenvalue weighted by atomic mass is 16.5. The Labute approximate surface area is 226 Å². The first-order chi connectivity index (χ1) is 18.6. The molecule has 0 aliphatic rings. The zero-order valence-corrected chi connectivity index (χ0v) is 22.6. The molecule has 0 saturated heterocycles. The molecule has 0 aliphatic heterocycles. The van der Waals surface area contributed by atoms with Crippen molar-refractivity contribution >= 4 is 23.3 Å². The van der Waals surface area contributed by atoms with Crippen molar-refractivity contribution in [2.45, 2.75) is 51.9 Å². The summed E-state index contributed by atoms with van der Waals surface area (Å²) in [7, 11) is 1.60. The molecule has 0 aliphatic carbocycles. The van der Waals surface area contributed by atoms with Gasteiger partial charge in [-0.15, -0.1) is 0 Å². The molecule has 0 spiro atoms. The second kappa shape index (κ2) is 16.1. The number of Topliss-reactive ketones (excluding diaryl/α,β-unsaturated/α-hetero) is 1. The molecule has 5 nitrogen and oxygen atoms in total. The third-order valence-electron chi connectivity index (χ3n) is 6.35. The summed E-state index contributed by atoms with van der Waals surface area (Å²) >= 11 is 0. The second-order valence-electron chi connectivity index (χ2n) is 9.31. The summed E-state index contributed by atoms with van der Waals surface area (Å²) in [6.45, 7) is 2.89. The van der Waals surface area contributed by atoms with Crippen molar-refractivity contribution in [1.82, 2.24) is 5.32 Å². The lowest BCUT2D eigenvalue weighted by Crippen LogP contribution is -2.29. The van der Waals surface area contributed by atoms with E-state index in [9.17, 15) is 9.59 Å². The normalized spacial score (nSPS) is 11.2. The Balaban J connectivity index is 1.56. The van der Waals surface area contributed by atoms with Crippen molar-refractivity contribution < 1.29 is 19.1 Å². The molecule has 5 heteroatoms. The quantitative estimate of drug-likeness (QED) is 0.0940. The molecule has 3 rings (SSSR count). The number of ether oxygens (including phenoxy) is 2. The van der Waals surface area contributed by atoms with Gasteiger partial charge >= 0.3 is 0 Å². The zero-order valence-electron chi connectivity index (χ0n) is 22.6. The number of hydrogen-bond donors (Lipinski definition) is 1. The van der Waals surface area contributed by atoms with Crippen LogP contribution in [0.1, 0.15) is 73.4 Å². The minimum atomic E-state index is -0.114. The van der Waals surface area contributed by atoms with E-state index in [1.807, 2.05) is 60.7 Å². The fourth-order valence-corrected chi connectivity index (χ4v) is 4.13. The zero-order chi connectivity index (χ0) is 27.0. The molecule has 0 atom stereocenters. The summed E-state index contributed by atoms with van der Waals surface area (Å²) in [6, 6.07) is 24.1. The standard InChI is InChI=1S/C33H39NO4/c1-3-4-5-6-7-8-12-23-34-32(35)25-38-30-19-15-26(16-20-30)24-31(27-13-10-9-11-14-27)33(36)28-17-21-29(37-2)22-18-28/h9-11,13-22,24H,3-8,12,23,25H2,1-2H3,(H,34,35)/b31-24+. The number of hydrogen-bond acceptors (Lipinski definition) is 4. The maximum Gasteiger partial charge on any atom is 0.257 e. The van der Waals surface area contributed by atoms with E-state index in [1.54, 1.807) is 31.4 Å². The van der Waals surface area contributed by atoms with Crippen LogP contribution in [0.15, 0.2) is 78.9 Å². The molecule has 0 bridgehead atoms. The smallest absolute Gasteiger partial charge is 0.257 e. The largest absolute Gasteiger partial charge is 0.497 e. The third kappa shape index (κ3) is 9.55. The first-order valence-electron chi connectivity index (χ1n) is 13.6. The van der Waals surface area contributed by atoms with Crippen LogP contribution in [0.2, 0.25) is 0 Å². The lowest BCUT2D eigenvalue weighted by molar-refractivity contribution is -0.123. The fourth-order valence-electron chi connectivity index (χ4n) is 4.13. The number of methoxy groups -OCH3 is 1. The van der Waals surface area contributed by atoms with Crippen molar-refractivity contribution in [3.05, 3.63) is 95.6 Å². The van der Waals surface area contributed by atoms with Gasteiger partial charge in [-0.25, -0.2) is 0 Å². The maximum atomic E-state index is 13.4. The maximum absolute atomic E-state index is 13.4. The highest BCUT2D eigenvalue weighted by Gasteiger charge is 2.15. The lowest BCUT2D eigenvalue weighted by atomic mass is 9.94. The van der Waals surface area contributed by atoms with Gasteiger partial charge < -0.3 is 14.8 Å². The highest BCUT2D eigenvalue weighted by molar-refractivity contribution is 6.32. The molecule has 1 N–H and O–H groups in total. The Kier molecular flexibility index (Phi) is 12.1. The number of benzene rings is 3. The van der Waals surface area contributed by atoms with Crippen molar-refractivity contribution in [1.29, 1.82) is 0 Å². The van der Waals surface area contributed by atoms with Gasteiger partial charge in [-0.05, 0) is 60.0 Å². The Morgan fingerprint density at radius 3 is 2.03 bits per heavy atom. The summed E-state index contributed by atoms with van der Waals surface area (Å²) in [4.78, 5) is 25.5. The monoisotopic (exact) mass is 513 g/mol. The summed E-state index contributed by atoms with van der Waals surface area (Å²) in [5.74, 6) is 1.12. The summed E-state index contributed by atoms with van der Waals surface area (Å²) in [5.41, 5.74) is 2.88. The van der Waals surface area contributed by atoms with Gasteiger partial charge in [0.1, 0.15) is 11.5 Å². The van der Waals surface area contributed by atoms with Crippen LogP contribution in [-0.2, 0) is 4.79 Å². The van der Waals surface area contributed by atoms with Crippen LogP contribution in [0.4, 0.5) is 0 Å². The molecule has 38 heavy (non-hydrogen) atoms. The highest BCUT2D eigenvalue weighted by Crippen LogP contribution is 2.25. The van der Waals surface area contributed by atoms with E-state index in [1.165, 1.54) is 32.1 Å². The molecular formula is C33H39NO4. The van der Waals surface area contributed by atoms with Crippen LogP contribution >= 0.6 is 0 Å². The Bertz CT molecular complexity index is 1150. The Morgan fingerprint density at radius 1 is 0.737 bits per heavy atom. The molecule has 0 heterocycles. The minimum Gasteiger partial charge on any atom is -0.497 e. The molecule has 0 fully saturated rings. The molecule has 0 radical (unpaired) electrons. The van der Waals surface area contributed by atoms with Crippen molar-refractivity contribution in [2.24, 2.45) is 0 Å². The van der Waals surface area contributed by atoms with Crippen LogP contribution in [0.25, 0.3) is 11.6 Å². The van der Waals surface area contributed by atoms with E-state index in [2.05, 4.69) is 12.2 Å². The summed E-state index contributed by atoms with van der Waals surface area (Å²) in [6.07, 6.45) is 10.4. The van der Waals surface area contributed by atoms with E-state index < -0.39 is 0 Å². The van der Waals surface area contributed by atoms with Gasteiger partial charge in [0, 0.05) is 17.7 Å². The first kappa shape index (κ1) is 28.7. The average Bonchev–Trinajstić information content (AvgIpc) is 2.97. The number of nitrogens with one attached hydrogen (secondary N) is 1. The van der Waals surface area contributed by atoms with E-state index >= 15 is 0 Å². The topological polar surface area (TPSA) is 64.6 Å². The molecule has 3 aromatic rings. The molecule has 200 valence electrons. The van der Waals surface area contributed by atoms with Gasteiger partial charge in [0.25, 0.3) is 5.91 Å². The first-order valence-corrected chi connectivity index (χ1v) is 13.6. The van der Waals surface area contributed by atoms with Crippen molar-refractivity contribution in [3.8, 4) is 11.5 Å². The number of unbranched alkanes of at least 4 members (excludes halogenated alkanes) is 6. The van der Waals surface area contributed by atoms with Gasteiger partial charge in [0.05, 0.1) is 7.11 Å². The van der Waals surface area contributed by atoms with Gasteiger partial charge in [0.2, 0.25) is 0 Å². The Hall–Kier alpha value is -3.86. The van der Waals surface area contributed by atoms with Crippen LogP contribution < -0.4 is 14.8 Å². The van der Waals surface area contributed by atoms with Gasteiger partial charge in [-0.3, -0.25) is 9.59 Å². The number of carbonyl (C=O) groups excluding carboxylic acids is 2. The predicted octanol–water partition coefficient (Wildman–Crippen LogP) is 7.36. The van der Waals surface area contributed by atoms with E-state index in [4.69, 9.17) is 9.47 Å². The number of amides is 1. The SMILES string of the molecule is CCCCCCCCCNC(=O)COc1ccc(/C=C(/C(=O)c2ccc(OC)cc2)c2ccccc2)cc1. The van der Waals surface area contributed by atoms with Crippen LogP contribution in [0, 0.1) is 0 Å². The van der Waals surface area contributed by atoms with Crippen LogP contribution in [-0.4, -0.2) is 32.0 Å². The van der Waals surface area contributed by atoms with Gasteiger partial charge in [-0.1, -0.05) is 87.9 Å². The molecule has 1 amide bonds. The second-order valence-corrected chi connectivity index (χ2v) is 9.31. The molecule has 0 unspecified atom stereocenters. The molecular weight excluding hydrogens is 474 g/mol. The number of allylic oxidation sites excluding steroid dienone is 1. The van der Waals surface area contributed by atoms with Gasteiger partial charge in [0.15, 0.2) is 12.4 Å². The number of ketones is 1. The van der Waals surface area contributed by atoms with Crippen LogP contribution in [0.3, 0.4) is 0 Å². The molecule has 3 aromatic carbocycles. The van der Waals surface area contributed by atoms with Crippen molar-refractivity contribution in [2.75, 3.05) is 20.3 Å². The van der Waals surface area contributed by atoms with E-state index in [0.29, 0.717) is 29.2 Å². The predicted molar refractivity (Wildman–Crippen MR) is 155 cm³/mol. The summed E-state index contributed by atoms with van der Waals surface area (Å²) < 4.78 is 10.9.